The second kappa shape index (κ2) is 5.11. The van der Waals surface area contributed by atoms with Crippen LogP contribution in [0.3, 0.4) is 0 Å². The molecule has 2 heteroatoms. The molecule has 0 aromatic heterocycles. The van der Waals surface area contributed by atoms with Crippen molar-refractivity contribution in [2.75, 3.05) is 11.5 Å². The third-order valence-corrected chi connectivity index (χ3v) is 3.15. The maximum atomic E-state index is 5.96. The van der Waals surface area contributed by atoms with Crippen LogP contribution in [0.25, 0.3) is 0 Å². The average molecular weight is 207 g/mol. The van der Waals surface area contributed by atoms with Gasteiger partial charge in [-0.1, -0.05) is 17.7 Å². The van der Waals surface area contributed by atoms with E-state index in [1.54, 1.807) is 11.8 Å². The van der Waals surface area contributed by atoms with Gasteiger partial charge in [-0.2, -0.15) is 0 Å². The molecule has 0 aliphatic rings. The van der Waals surface area contributed by atoms with Gasteiger partial charge in [0.1, 0.15) is 0 Å². The minimum atomic E-state index is 0.916. The predicted octanol–water partition coefficient (Wildman–Crippen LogP) is 3.64. The Balaban J connectivity index is 2.59. The highest BCUT2D eigenvalue weighted by atomic mass is 32.2. The van der Waals surface area contributed by atoms with Crippen molar-refractivity contribution in [2.24, 2.45) is 0 Å². The summed E-state index contributed by atoms with van der Waals surface area (Å²) in [6.45, 7) is 7.98. The molecule has 0 saturated heterocycles. The number of para-hydroxylation sites is 1. The highest BCUT2D eigenvalue weighted by Gasteiger charge is 2.01. The Morgan fingerprint density at radius 2 is 2.21 bits per heavy atom. The highest BCUT2D eigenvalue weighted by Crippen LogP contribution is 2.28. The van der Waals surface area contributed by atoms with E-state index in [4.69, 9.17) is 5.73 Å². The first-order chi connectivity index (χ1) is 6.61. The maximum absolute atomic E-state index is 5.96. The van der Waals surface area contributed by atoms with Crippen LogP contribution in [0.4, 0.5) is 5.69 Å². The third kappa shape index (κ3) is 3.11. The molecular formula is C12H17NS. The molecular weight excluding hydrogens is 190 g/mol. The van der Waals surface area contributed by atoms with E-state index in [-0.39, 0.29) is 0 Å². The summed E-state index contributed by atoms with van der Waals surface area (Å²) in [5.41, 5.74) is 9.26. The molecule has 2 N–H and O–H groups in total. The Labute approximate surface area is 90.4 Å². The Morgan fingerprint density at radius 1 is 1.50 bits per heavy atom. The van der Waals surface area contributed by atoms with Crippen molar-refractivity contribution in [3.63, 3.8) is 0 Å². The molecule has 76 valence electrons. The molecule has 0 aliphatic carbocycles. The number of anilines is 1. The van der Waals surface area contributed by atoms with Crippen molar-refractivity contribution in [1.82, 2.24) is 0 Å². The summed E-state index contributed by atoms with van der Waals surface area (Å²) in [6, 6.07) is 6.17. The quantitative estimate of drug-likeness (QED) is 0.463. The second-order valence-corrected chi connectivity index (χ2v) is 4.68. The van der Waals surface area contributed by atoms with Crippen LogP contribution in [0.5, 0.6) is 0 Å². The minimum Gasteiger partial charge on any atom is -0.398 e. The molecule has 0 bridgehead atoms. The average Bonchev–Trinajstić information content (AvgIpc) is 2.12. The molecule has 0 fully saturated rings. The molecule has 0 aliphatic heterocycles. The summed E-state index contributed by atoms with van der Waals surface area (Å²) < 4.78 is 0. The van der Waals surface area contributed by atoms with Gasteiger partial charge in [-0.05, 0) is 31.9 Å². The molecule has 0 saturated carbocycles. The van der Waals surface area contributed by atoms with Crippen molar-refractivity contribution >= 4 is 17.4 Å². The minimum absolute atomic E-state index is 0.916. The number of nitrogens with two attached hydrogens (primary N) is 1. The van der Waals surface area contributed by atoms with E-state index in [9.17, 15) is 0 Å². The molecule has 1 aromatic rings. The number of hydrogen-bond donors (Lipinski definition) is 1. The molecule has 1 aromatic carbocycles. The van der Waals surface area contributed by atoms with Crippen molar-refractivity contribution in [3.05, 3.63) is 35.9 Å². The lowest BCUT2D eigenvalue weighted by molar-refractivity contribution is 1.12. The number of benzene rings is 1. The predicted molar refractivity (Wildman–Crippen MR) is 65.7 cm³/mol. The van der Waals surface area contributed by atoms with Gasteiger partial charge in [0.25, 0.3) is 0 Å². The van der Waals surface area contributed by atoms with Gasteiger partial charge in [-0.3, -0.25) is 0 Å². The second-order valence-electron chi connectivity index (χ2n) is 3.54. The maximum Gasteiger partial charge on any atom is 0.0481 e. The number of nitrogen functional groups attached to an aromatic ring is 1. The van der Waals surface area contributed by atoms with Gasteiger partial charge in [0.05, 0.1) is 0 Å². The third-order valence-electron chi connectivity index (χ3n) is 2.07. The molecule has 1 nitrogen and oxygen atoms in total. The fourth-order valence-corrected chi connectivity index (χ4v) is 2.28. The van der Waals surface area contributed by atoms with Gasteiger partial charge >= 0.3 is 0 Å². The standard InChI is InChI=1S/C12H17NS/c1-9(2)7-8-14-11-6-4-5-10(3)12(11)13/h4-6H,1,7-8,13H2,2-3H3. The SMILES string of the molecule is C=C(C)CCSc1cccc(C)c1N. The number of rotatable bonds is 4. The normalized spacial score (nSPS) is 10.1. The zero-order chi connectivity index (χ0) is 10.6. The van der Waals surface area contributed by atoms with Crippen molar-refractivity contribution in [2.45, 2.75) is 25.2 Å². The number of thioether (sulfide) groups is 1. The monoisotopic (exact) mass is 207 g/mol. The van der Waals surface area contributed by atoms with E-state index in [0.29, 0.717) is 0 Å². The largest absolute Gasteiger partial charge is 0.398 e. The summed E-state index contributed by atoms with van der Waals surface area (Å²) in [7, 11) is 0. The van der Waals surface area contributed by atoms with Crippen LogP contribution in [0.15, 0.2) is 35.2 Å². The molecule has 0 atom stereocenters. The summed E-state index contributed by atoms with van der Waals surface area (Å²) >= 11 is 1.80. The zero-order valence-electron chi connectivity index (χ0n) is 8.84. The van der Waals surface area contributed by atoms with Gasteiger partial charge in [0.15, 0.2) is 0 Å². The molecule has 1 rings (SSSR count). The van der Waals surface area contributed by atoms with Crippen molar-refractivity contribution < 1.29 is 0 Å². The van der Waals surface area contributed by atoms with Gasteiger partial charge in [0.2, 0.25) is 0 Å². The Hall–Kier alpha value is -0.890. The number of allylic oxidation sites excluding steroid dienone is 1. The van der Waals surface area contributed by atoms with Gasteiger partial charge in [0, 0.05) is 16.3 Å². The van der Waals surface area contributed by atoms with E-state index in [1.165, 1.54) is 10.5 Å². The Morgan fingerprint density at radius 3 is 2.86 bits per heavy atom. The van der Waals surface area contributed by atoms with Crippen molar-refractivity contribution in [1.29, 1.82) is 0 Å². The van der Waals surface area contributed by atoms with E-state index in [0.717, 1.165) is 23.4 Å². The van der Waals surface area contributed by atoms with Gasteiger partial charge in [-0.25, -0.2) is 0 Å². The first kappa shape index (κ1) is 11.2. The zero-order valence-corrected chi connectivity index (χ0v) is 9.66. The van der Waals surface area contributed by atoms with Crippen molar-refractivity contribution in [3.8, 4) is 0 Å². The topological polar surface area (TPSA) is 26.0 Å². The van der Waals surface area contributed by atoms with Gasteiger partial charge < -0.3 is 5.73 Å². The lowest BCUT2D eigenvalue weighted by Crippen LogP contribution is -1.92. The fraction of sp³-hybridized carbons (Fsp3) is 0.333. The molecule has 0 radical (unpaired) electrons. The Bertz CT molecular complexity index is 331. The fourth-order valence-electron chi connectivity index (χ4n) is 1.11. The van der Waals surface area contributed by atoms with E-state index in [2.05, 4.69) is 25.6 Å². The highest BCUT2D eigenvalue weighted by molar-refractivity contribution is 7.99. The van der Waals surface area contributed by atoms with Crippen LogP contribution in [0.2, 0.25) is 0 Å². The lowest BCUT2D eigenvalue weighted by Gasteiger charge is -2.07. The van der Waals surface area contributed by atoms with E-state index in [1.807, 2.05) is 13.0 Å². The summed E-state index contributed by atoms with van der Waals surface area (Å²) in [5.74, 6) is 1.06. The summed E-state index contributed by atoms with van der Waals surface area (Å²) in [4.78, 5) is 1.19. The first-order valence-electron chi connectivity index (χ1n) is 4.73. The Kier molecular flexibility index (Phi) is 4.08. The van der Waals surface area contributed by atoms with Gasteiger partial charge in [-0.15, -0.1) is 18.3 Å². The van der Waals surface area contributed by atoms with E-state index >= 15 is 0 Å². The van der Waals surface area contributed by atoms with Crippen LogP contribution in [-0.2, 0) is 0 Å². The summed E-state index contributed by atoms with van der Waals surface area (Å²) in [5, 5.41) is 0. The molecule has 0 amide bonds. The first-order valence-corrected chi connectivity index (χ1v) is 5.72. The molecule has 0 unspecified atom stereocenters. The van der Waals surface area contributed by atoms with E-state index < -0.39 is 0 Å². The smallest absolute Gasteiger partial charge is 0.0481 e. The number of aryl methyl sites for hydroxylation is 1. The molecule has 0 heterocycles. The molecule has 0 spiro atoms. The van der Waals surface area contributed by atoms with Crippen LogP contribution in [-0.4, -0.2) is 5.75 Å². The number of hydrogen-bond acceptors (Lipinski definition) is 2. The lowest BCUT2D eigenvalue weighted by atomic mass is 10.2. The van der Waals surface area contributed by atoms with Crippen LogP contribution in [0.1, 0.15) is 18.9 Å². The molecule has 14 heavy (non-hydrogen) atoms. The van der Waals surface area contributed by atoms with Crippen LogP contribution in [0, 0.1) is 6.92 Å². The summed E-state index contributed by atoms with van der Waals surface area (Å²) in [6.07, 6.45) is 1.05. The van der Waals surface area contributed by atoms with Crippen LogP contribution >= 0.6 is 11.8 Å². The van der Waals surface area contributed by atoms with Crippen LogP contribution < -0.4 is 5.73 Å².